The number of halogens is 1. The molecule has 0 bridgehead atoms. The van der Waals surface area contributed by atoms with Crippen molar-refractivity contribution in [1.29, 1.82) is 0 Å². The van der Waals surface area contributed by atoms with Crippen molar-refractivity contribution < 1.29 is 8.42 Å². The molecule has 1 fully saturated rings. The van der Waals surface area contributed by atoms with E-state index >= 15 is 0 Å². The Morgan fingerprint density at radius 3 is 2.41 bits per heavy atom. The number of piperazine rings is 1. The average molecular weight is 405 g/mol. The van der Waals surface area contributed by atoms with Gasteiger partial charge in [0, 0.05) is 33.2 Å². The van der Waals surface area contributed by atoms with Crippen LogP contribution in [0.25, 0.3) is 10.8 Å². The van der Waals surface area contributed by atoms with Crippen LogP contribution in [0.2, 0.25) is 5.15 Å². The van der Waals surface area contributed by atoms with Crippen molar-refractivity contribution in [2.75, 3.05) is 26.2 Å². The summed E-state index contributed by atoms with van der Waals surface area (Å²) in [7, 11) is -1.61. The molecule has 1 aromatic heterocycles. The number of rotatable bonds is 4. The fraction of sp³-hybridized carbons (Fsp3) is 0.316. The Morgan fingerprint density at radius 1 is 1.04 bits per heavy atom. The first-order valence-corrected chi connectivity index (χ1v) is 10.6. The molecule has 27 heavy (non-hydrogen) atoms. The molecule has 8 heteroatoms. The van der Waals surface area contributed by atoms with Gasteiger partial charge in [0.05, 0.1) is 17.6 Å². The van der Waals surface area contributed by atoms with E-state index < -0.39 is 10.0 Å². The van der Waals surface area contributed by atoms with Gasteiger partial charge in [-0.1, -0.05) is 41.9 Å². The Balaban J connectivity index is 1.46. The third kappa shape index (κ3) is 3.60. The van der Waals surface area contributed by atoms with E-state index in [1.54, 1.807) is 22.6 Å². The molecule has 1 saturated heterocycles. The summed E-state index contributed by atoms with van der Waals surface area (Å²) >= 11 is 6.03. The number of aromatic nitrogens is 2. The second-order valence-electron chi connectivity index (χ2n) is 6.75. The second-order valence-corrected chi connectivity index (χ2v) is 9.07. The molecule has 0 saturated carbocycles. The molecule has 0 unspecified atom stereocenters. The van der Waals surface area contributed by atoms with E-state index in [1.807, 2.05) is 41.9 Å². The first-order chi connectivity index (χ1) is 12.9. The van der Waals surface area contributed by atoms with Crippen LogP contribution in [-0.2, 0) is 23.6 Å². The van der Waals surface area contributed by atoms with Crippen molar-refractivity contribution in [3.05, 3.63) is 59.6 Å². The summed E-state index contributed by atoms with van der Waals surface area (Å²) in [6.45, 7) is 2.92. The summed E-state index contributed by atoms with van der Waals surface area (Å²) < 4.78 is 29.5. The molecule has 0 N–H and O–H groups in total. The van der Waals surface area contributed by atoms with Gasteiger partial charge in [-0.3, -0.25) is 4.90 Å². The van der Waals surface area contributed by atoms with Crippen LogP contribution in [0.5, 0.6) is 0 Å². The summed E-state index contributed by atoms with van der Waals surface area (Å²) in [5.41, 5.74) is 0. The Morgan fingerprint density at radius 2 is 1.74 bits per heavy atom. The maximum absolute atomic E-state index is 13.0. The van der Waals surface area contributed by atoms with Gasteiger partial charge in [-0.2, -0.15) is 4.31 Å². The molecule has 2 aromatic carbocycles. The van der Waals surface area contributed by atoms with Crippen molar-refractivity contribution in [3.63, 3.8) is 0 Å². The first kappa shape index (κ1) is 18.4. The lowest BCUT2D eigenvalue weighted by atomic mass is 10.1. The molecule has 4 rings (SSSR count). The fourth-order valence-corrected chi connectivity index (χ4v) is 4.98. The molecule has 0 atom stereocenters. The Hall–Kier alpha value is -1.93. The highest BCUT2D eigenvalue weighted by molar-refractivity contribution is 7.89. The first-order valence-electron chi connectivity index (χ1n) is 8.82. The van der Waals surface area contributed by atoms with Crippen LogP contribution in [-0.4, -0.2) is 53.4 Å². The molecule has 0 aliphatic carbocycles. The molecule has 2 heterocycles. The van der Waals surface area contributed by atoms with Crippen LogP contribution in [0.15, 0.2) is 53.6 Å². The van der Waals surface area contributed by atoms with Gasteiger partial charge >= 0.3 is 0 Å². The zero-order valence-electron chi connectivity index (χ0n) is 15.0. The highest BCUT2D eigenvalue weighted by Gasteiger charge is 2.29. The molecular formula is C19H21ClN4O2S. The van der Waals surface area contributed by atoms with Gasteiger partial charge in [0.1, 0.15) is 11.0 Å². The van der Waals surface area contributed by atoms with Crippen LogP contribution >= 0.6 is 11.6 Å². The van der Waals surface area contributed by atoms with Gasteiger partial charge in [0.15, 0.2) is 0 Å². The van der Waals surface area contributed by atoms with E-state index in [1.165, 1.54) is 0 Å². The zero-order valence-corrected chi connectivity index (χ0v) is 16.6. The largest absolute Gasteiger partial charge is 0.321 e. The third-order valence-electron chi connectivity index (χ3n) is 5.08. The van der Waals surface area contributed by atoms with E-state index in [0.29, 0.717) is 42.8 Å². The van der Waals surface area contributed by atoms with Gasteiger partial charge in [-0.15, -0.1) is 0 Å². The van der Waals surface area contributed by atoms with Crippen LogP contribution in [0.4, 0.5) is 0 Å². The van der Waals surface area contributed by atoms with Crippen LogP contribution < -0.4 is 0 Å². The number of hydrogen-bond acceptors (Lipinski definition) is 4. The number of hydrogen-bond donors (Lipinski definition) is 0. The highest BCUT2D eigenvalue weighted by atomic mass is 35.5. The Labute approximate surface area is 164 Å². The number of fused-ring (bicyclic) bond motifs is 1. The molecule has 3 aromatic rings. The zero-order chi connectivity index (χ0) is 19.0. The molecule has 0 radical (unpaired) electrons. The fourth-order valence-electron chi connectivity index (χ4n) is 3.38. The number of nitrogens with zero attached hydrogens (tertiary/aromatic N) is 4. The number of sulfonamides is 1. The minimum absolute atomic E-state index is 0.352. The summed E-state index contributed by atoms with van der Waals surface area (Å²) in [6, 6.07) is 13.1. The van der Waals surface area contributed by atoms with Gasteiger partial charge in [-0.05, 0) is 22.9 Å². The van der Waals surface area contributed by atoms with Crippen LogP contribution in [0.1, 0.15) is 5.82 Å². The van der Waals surface area contributed by atoms with Crippen LogP contribution in [0, 0.1) is 0 Å². The summed E-state index contributed by atoms with van der Waals surface area (Å²) in [4.78, 5) is 6.86. The minimum Gasteiger partial charge on any atom is -0.321 e. The molecule has 1 aliphatic rings. The minimum atomic E-state index is -3.49. The summed E-state index contributed by atoms with van der Waals surface area (Å²) in [6.07, 6.45) is 1.64. The second kappa shape index (κ2) is 7.24. The van der Waals surface area contributed by atoms with Crippen molar-refractivity contribution in [2.45, 2.75) is 11.4 Å². The van der Waals surface area contributed by atoms with E-state index in [9.17, 15) is 8.42 Å². The van der Waals surface area contributed by atoms with E-state index in [2.05, 4.69) is 9.88 Å². The average Bonchev–Trinajstić information content (AvgIpc) is 3.00. The lowest BCUT2D eigenvalue weighted by Crippen LogP contribution is -2.48. The number of imidazole rings is 1. The monoisotopic (exact) mass is 404 g/mol. The molecule has 0 amide bonds. The quantitative estimate of drug-likeness (QED) is 0.670. The van der Waals surface area contributed by atoms with Gasteiger partial charge in [0.25, 0.3) is 0 Å². The van der Waals surface area contributed by atoms with Crippen LogP contribution in [0.3, 0.4) is 0 Å². The maximum Gasteiger partial charge on any atom is 0.243 e. The van der Waals surface area contributed by atoms with E-state index in [0.717, 1.165) is 16.6 Å². The molecule has 1 aliphatic heterocycles. The molecular weight excluding hydrogens is 384 g/mol. The molecule has 142 valence electrons. The maximum atomic E-state index is 13.0. The van der Waals surface area contributed by atoms with Crippen molar-refractivity contribution in [1.82, 2.24) is 18.8 Å². The van der Waals surface area contributed by atoms with E-state index in [4.69, 9.17) is 11.6 Å². The summed E-state index contributed by atoms with van der Waals surface area (Å²) in [5.74, 6) is 0.880. The molecule has 0 spiro atoms. The third-order valence-corrected chi connectivity index (χ3v) is 7.33. The predicted molar refractivity (Wildman–Crippen MR) is 106 cm³/mol. The standard InChI is InChI=1S/C19H21ClN4O2S/c1-22-18(20)13-21-19(22)14-23-8-10-24(11-9-23)27(25,26)17-7-6-15-4-2-3-5-16(15)12-17/h2-7,12-13H,8-11,14H2,1H3. The van der Waals surface area contributed by atoms with Crippen molar-refractivity contribution in [3.8, 4) is 0 Å². The normalized spacial score (nSPS) is 16.8. The lowest BCUT2D eigenvalue weighted by molar-refractivity contribution is 0.177. The Kier molecular flexibility index (Phi) is 4.94. The van der Waals surface area contributed by atoms with Gasteiger partial charge in [0.2, 0.25) is 10.0 Å². The van der Waals surface area contributed by atoms with Crippen molar-refractivity contribution in [2.24, 2.45) is 7.05 Å². The number of benzene rings is 2. The highest BCUT2D eigenvalue weighted by Crippen LogP contribution is 2.23. The topological polar surface area (TPSA) is 58.4 Å². The smallest absolute Gasteiger partial charge is 0.243 e. The van der Waals surface area contributed by atoms with Gasteiger partial charge < -0.3 is 4.57 Å². The lowest BCUT2D eigenvalue weighted by Gasteiger charge is -2.33. The molecule has 6 nitrogen and oxygen atoms in total. The predicted octanol–water partition coefficient (Wildman–Crippen LogP) is 2.73. The van der Waals surface area contributed by atoms with Gasteiger partial charge in [-0.25, -0.2) is 13.4 Å². The van der Waals surface area contributed by atoms with Crippen molar-refractivity contribution >= 4 is 32.4 Å². The summed E-state index contributed by atoms with van der Waals surface area (Å²) in [5, 5.41) is 2.57. The van der Waals surface area contributed by atoms with E-state index in [-0.39, 0.29) is 0 Å². The Bertz CT molecular complexity index is 1070. The SMILES string of the molecule is Cn1c(Cl)cnc1CN1CCN(S(=O)(=O)c2ccc3ccccc3c2)CC1.